The maximum Gasteiger partial charge on any atom is 0.380 e. The summed E-state index contributed by atoms with van der Waals surface area (Å²) < 4.78 is 6.52. The summed E-state index contributed by atoms with van der Waals surface area (Å²) in [5, 5.41) is 0. The second-order valence-electron chi connectivity index (χ2n) is 2.76. The van der Waals surface area contributed by atoms with Crippen molar-refractivity contribution in [2.75, 3.05) is 0 Å². The minimum Gasteiger partial charge on any atom is -0.421 e. The molecule has 1 heterocycles. The SMILES string of the molecule is O=C(Oc1ccccc1)c1nccn1Br. The summed E-state index contributed by atoms with van der Waals surface area (Å²) in [6.07, 6.45) is 3.12. The third-order valence-corrected chi connectivity index (χ3v) is 2.31. The van der Waals surface area contributed by atoms with E-state index in [1.807, 2.05) is 6.07 Å². The summed E-state index contributed by atoms with van der Waals surface area (Å²) in [5.74, 6) is 0.208. The second kappa shape index (κ2) is 4.27. The average Bonchev–Trinajstić information content (AvgIpc) is 2.66. The van der Waals surface area contributed by atoms with Crippen LogP contribution in [0.2, 0.25) is 0 Å². The molecule has 0 saturated carbocycles. The Bertz CT molecular complexity index is 467. The molecule has 0 fully saturated rings. The van der Waals surface area contributed by atoms with E-state index in [1.165, 1.54) is 9.79 Å². The van der Waals surface area contributed by atoms with Gasteiger partial charge in [0.15, 0.2) is 0 Å². The predicted molar refractivity (Wildman–Crippen MR) is 58.0 cm³/mol. The fourth-order valence-electron chi connectivity index (χ4n) is 1.07. The molecule has 0 spiro atoms. The van der Waals surface area contributed by atoms with Crippen molar-refractivity contribution in [3.8, 4) is 5.75 Å². The van der Waals surface area contributed by atoms with Gasteiger partial charge in [0.05, 0.1) is 16.1 Å². The molecule has 0 atom stereocenters. The lowest BCUT2D eigenvalue weighted by Gasteiger charge is -2.02. The molecule has 0 radical (unpaired) electrons. The van der Waals surface area contributed by atoms with Gasteiger partial charge in [-0.25, -0.2) is 9.78 Å². The van der Waals surface area contributed by atoms with Gasteiger partial charge in [0, 0.05) is 12.4 Å². The third kappa shape index (κ3) is 2.24. The largest absolute Gasteiger partial charge is 0.421 e. The normalized spacial score (nSPS) is 9.93. The van der Waals surface area contributed by atoms with E-state index in [4.69, 9.17) is 4.74 Å². The van der Waals surface area contributed by atoms with Gasteiger partial charge in [0.1, 0.15) is 5.75 Å². The van der Waals surface area contributed by atoms with Crippen molar-refractivity contribution >= 4 is 22.1 Å². The Kier molecular flexibility index (Phi) is 2.82. The first-order valence-electron chi connectivity index (χ1n) is 4.24. The highest BCUT2D eigenvalue weighted by Crippen LogP contribution is 2.11. The summed E-state index contributed by atoms with van der Waals surface area (Å²) >= 11 is 3.13. The van der Waals surface area contributed by atoms with Gasteiger partial charge in [-0.05, 0) is 12.1 Å². The minimum atomic E-state index is -0.497. The summed E-state index contributed by atoms with van der Waals surface area (Å²) in [5.41, 5.74) is 0. The number of para-hydroxylation sites is 1. The Morgan fingerprint density at radius 2 is 2.07 bits per heavy atom. The summed E-state index contributed by atoms with van der Waals surface area (Å²) in [7, 11) is 0. The standard InChI is InChI=1S/C10H7BrN2O2/c11-13-7-6-12-9(13)10(14)15-8-4-2-1-3-5-8/h1-7H. The molecule has 2 rings (SSSR count). The van der Waals surface area contributed by atoms with Crippen molar-refractivity contribution in [2.45, 2.75) is 0 Å². The highest BCUT2D eigenvalue weighted by Gasteiger charge is 2.13. The molecular formula is C10H7BrN2O2. The molecule has 0 amide bonds. The lowest BCUT2D eigenvalue weighted by atomic mass is 10.3. The van der Waals surface area contributed by atoms with Crippen LogP contribution in [-0.2, 0) is 0 Å². The van der Waals surface area contributed by atoms with Crippen molar-refractivity contribution in [2.24, 2.45) is 0 Å². The zero-order valence-corrected chi connectivity index (χ0v) is 9.22. The number of carbonyl (C=O) groups excluding carboxylic acids is 1. The summed E-state index contributed by atoms with van der Waals surface area (Å²) in [6, 6.07) is 8.86. The maximum absolute atomic E-state index is 11.6. The van der Waals surface area contributed by atoms with Gasteiger partial charge in [-0.15, -0.1) is 0 Å². The number of hydrogen-bond acceptors (Lipinski definition) is 3. The Balaban J connectivity index is 2.15. The summed E-state index contributed by atoms with van der Waals surface area (Å²) in [4.78, 5) is 15.4. The maximum atomic E-state index is 11.6. The van der Waals surface area contributed by atoms with Gasteiger partial charge < -0.3 is 4.74 Å². The smallest absolute Gasteiger partial charge is 0.380 e. The number of halogens is 1. The van der Waals surface area contributed by atoms with Crippen LogP contribution in [-0.4, -0.2) is 14.5 Å². The quantitative estimate of drug-likeness (QED) is 0.619. The molecule has 0 N–H and O–H groups in total. The Hall–Kier alpha value is -1.62. The molecule has 1 aromatic heterocycles. The molecule has 15 heavy (non-hydrogen) atoms. The van der Waals surface area contributed by atoms with Gasteiger partial charge >= 0.3 is 5.97 Å². The Labute approximate surface area is 94.8 Å². The molecular weight excluding hydrogens is 260 g/mol. The number of ether oxygens (including phenoxy) is 1. The number of nitrogens with zero attached hydrogens (tertiary/aromatic N) is 2. The topological polar surface area (TPSA) is 44.1 Å². The summed E-state index contributed by atoms with van der Waals surface area (Å²) in [6.45, 7) is 0. The molecule has 0 bridgehead atoms. The van der Waals surface area contributed by atoms with E-state index in [9.17, 15) is 4.79 Å². The molecule has 1 aromatic carbocycles. The minimum absolute atomic E-state index is 0.207. The first kappa shape index (κ1) is 9.92. The molecule has 2 aromatic rings. The van der Waals surface area contributed by atoms with Crippen LogP contribution in [0.4, 0.5) is 0 Å². The van der Waals surface area contributed by atoms with Crippen LogP contribution in [0, 0.1) is 0 Å². The molecule has 0 aliphatic rings. The lowest BCUT2D eigenvalue weighted by molar-refractivity contribution is 0.0722. The highest BCUT2D eigenvalue weighted by molar-refractivity contribution is 9.08. The third-order valence-electron chi connectivity index (χ3n) is 1.73. The van der Waals surface area contributed by atoms with Crippen LogP contribution in [0.25, 0.3) is 0 Å². The molecule has 4 nitrogen and oxygen atoms in total. The van der Waals surface area contributed by atoms with Crippen LogP contribution < -0.4 is 4.74 Å². The van der Waals surface area contributed by atoms with E-state index >= 15 is 0 Å². The fourth-order valence-corrected chi connectivity index (χ4v) is 1.41. The van der Waals surface area contributed by atoms with E-state index in [0.717, 1.165) is 0 Å². The van der Waals surface area contributed by atoms with Crippen molar-refractivity contribution in [3.05, 3.63) is 48.5 Å². The van der Waals surface area contributed by atoms with Gasteiger partial charge in [0.2, 0.25) is 5.82 Å². The number of hydrogen-bond donors (Lipinski definition) is 0. The van der Waals surface area contributed by atoms with Crippen LogP contribution in [0.3, 0.4) is 0 Å². The first-order valence-corrected chi connectivity index (χ1v) is 4.95. The number of imidazole rings is 1. The lowest BCUT2D eigenvalue weighted by Crippen LogP contribution is -2.12. The fraction of sp³-hybridized carbons (Fsp3) is 0. The molecule has 5 heteroatoms. The van der Waals surface area contributed by atoms with Crippen molar-refractivity contribution in [3.63, 3.8) is 0 Å². The molecule has 76 valence electrons. The molecule has 0 aliphatic carbocycles. The number of esters is 1. The van der Waals surface area contributed by atoms with Gasteiger partial charge in [-0.3, -0.25) is 3.59 Å². The second-order valence-corrected chi connectivity index (χ2v) is 3.53. The van der Waals surface area contributed by atoms with E-state index in [2.05, 4.69) is 21.1 Å². The number of rotatable bonds is 2. The Morgan fingerprint density at radius 1 is 1.33 bits per heavy atom. The molecule has 0 saturated heterocycles. The van der Waals surface area contributed by atoms with Gasteiger partial charge in [-0.2, -0.15) is 0 Å². The number of benzene rings is 1. The van der Waals surface area contributed by atoms with Crippen molar-refractivity contribution in [1.82, 2.24) is 8.58 Å². The molecule has 0 unspecified atom stereocenters. The van der Waals surface area contributed by atoms with Crippen LogP contribution >= 0.6 is 16.1 Å². The number of carbonyl (C=O) groups is 1. The predicted octanol–water partition coefficient (Wildman–Crippen LogP) is 2.26. The van der Waals surface area contributed by atoms with E-state index in [-0.39, 0.29) is 5.82 Å². The van der Waals surface area contributed by atoms with Crippen LogP contribution in [0.15, 0.2) is 42.7 Å². The van der Waals surface area contributed by atoms with Crippen LogP contribution in [0.5, 0.6) is 5.75 Å². The van der Waals surface area contributed by atoms with E-state index in [0.29, 0.717) is 5.75 Å². The number of aromatic nitrogens is 2. The van der Waals surface area contributed by atoms with E-state index < -0.39 is 5.97 Å². The Morgan fingerprint density at radius 3 is 2.67 bits per heavy atom. The highest BCUT2D eigenvalue weighted by atomic mass is 79.9. The zero-order chi connectivity index (χ0) is 10.7. The molecule has 0 aliphatic heterocycles. The van der Waals surface area contributed by atoms with Gasteiger partial charge in [0.25, 0.3) is 0 Å². The van der Waals surface area contributed by atoms with Crippen LogP contribution in [0.1, 0.15) is 10.6 Å². The first-order chi connectivity index (χ1) is 7.27. The average molecular weight is 267 g/mol. The van der Waals surface area contributed by atoms with Crippen molar-refractivity contribution < 1.29 is 9.53 Å². The van der Waals surface area contributed by atoms with Crippen molar-refractivity contribution in [1.29, 1.82) is 0 Å². The van der Waals surface area contributed by atoms with E-state index in [1.54, 1.807) is 30.5 Å². The zero-order valence-electron chi connectivity index (χ0n) is 7.63. The van der Waals surface area contributed by atoms with Gasteiger partial charge in [-0.1, -0.05) is 18.2 Å². The monoisotopic (exact) mass is 266 g/mol.